The van der Waals surface area contributed by atoms with Crippen molar-refractivity contribution in [2.24, 2.45) is 0 Å². The predicted molar refractivity (Wildman–Crippen MR) is 215 cm³/mol. The number of nitrogens with two attached hydrogens (primary N) is 1. The van der Waals surface area contributed by atoms with Crippen molar-refractivity contribution in [2.45, 2.75) is 81.6 Å². The van der Waals surface area contributed by atoms with Gasteiger partial charge in [-0.25, -0.2) is 0 Å². The first-order chi connectivity index (χ1) is 26.9. The summed E-state index contributed by atoms with van der Waals surface area (Å²) in [6.07, 6.45) is 5.18. The van der Waals surface area contributed by atoms with Gasteiger partial charge in [0.05, 0.1) is 30.2 Å². The van der Waals surface area contributed by atoms with Crippen LogP contribution in [0.4, 0.5) is 11.4 Å². The van der Waals surface area contributed by atoms with Crippen LogP contribution in [-0.4, -0.2) is 28.8 Å². The summed E-state index contributed by atoms with van der Waals surface area (Å²) in [5.41, 5.74) is 12.8. The van der Waals surface area contributed by atoms with E-state index in [-0.39, 0.29) is 30.6 Å². The van der Waals surface area contributed by atoms with Gasteiger partial charge < -0.3 is 36.2 Å². The SMILES string of the molecule is Nc1ccccc1NC(=O)CCCCCCC(=O)NCc1ccccc1-c1ccc([C@@H]2O[C@H](CSc3cccc[n+]3[O-])C[C@H](c3ccc(CO)cc3)O2)cc1. The molecule has 0 spiro atoms. The zero-order valence-corrected chi connectivity index (χ0v) is 31.6. The highest BCUT2D eigenvalue weighted by Gasteiger charge is 2.33. The first-order valence-corrected chi connectivity index (χ1v) is 19.8. The van der Waals surface area contributed by atoms with Gasteiger partial charge in [-0.3, -0.25) is 9.59 Å². The summed E-state index contributed by atoms with van der Waals surface area (Å²) in [6, 6.07) is 36.5. The van der Waals surface area contributed by atoms with Gasteiger partial charge >= 0.3 is 0 Å². The van der Waals surface area contributed by atoms with Crippen molar-refractivity contribution in [3.05, 3.63) is 149 Å². The lowest BCUT2D eigenvalue weighted by atomic mass is 9.97. The summed E-state index contributed by atoms with van der Waals surface area (Å²) in [5.74, 6) is 0.524. The normalized spacial score (nSPS) is 16.7. The number of anilines is 2. The standard InChI is InChI=1S/C44H48N4O6S/c45-38-13-7-8-14-39(38)47-42(51)16-4-2-1-3-15-41(50)46-28-35-11-5-6-12-37(35)32-22-24-34(25-23-32)44-53-36(30-55-43-17-9-10-26-48(43)52)27-40(54-44)33-20-18-31(29-49)19-21-33/h5-14,17-26,36,40,44,49H,1-4,15-16,27-30,45H2,(H,46,50)(H,47,51)/t36-,40+,44+/m0/s1. The smallest absolute Gasteiger partial charge is 0.251 e. The van der Waals surface area contributed by atoms with Gasteiger partial charge in [-0.05, 0) is 58.9 Å². The number of aromatic nitrogens is 1. The van der Waals surface area contributed by atoms with Crippen molar-refractivity contribution in [3.8, 4) is 11.1 Å². The number of nitrogens with one attached hydrogen (secondary N) is 2. The lowest BCUT2D eigenvalue weighted by Gasteiger charge is -2.36. The summed E-state index contributed by atoms with van der Waals surface area (Å²) in [5, 5.41) is 28.4. The summed E-state index contributed by atoms with van der Waals surface area (Å²) in [4.78, 5) is 25.0. The predicted octanol–water partition coefficient (Wildman–Crippen LogP) is 7.99. The second-order valence-corrected chi connectivity index (χ2v) is 14.7. The number of carbonyl (C=O) groups is 2. The van der Waals surface area contributed by atoms with Crippen LogP contribution in [0.5, 0.6) is 0 Å². The van der Waals surface area contributed by atoms with Crippen LogP contribution in [0.2, 0.25) is 0 Å². The highest BCUT2D eigenvalue weighted by atomic mass is 32.2. The largest absolute Gasteiger partial charge is 0.618 e. The molecule has 5 N–H and O–H groups in total. The van der Waals surface area contributed by atoms with Crippen molar-refractivity contribution in [1.82, 2.24) is 5.32 Å². The van der Waals surface area contributed by atoms with E-state index >= 15 is 0 Å². The molecule has 6 rings (SSSR count). The third kappa shape index (κ3) is 11.4. The Kier molecular flexibility index (Phi) is 14.3. The number of benzene rings is 4. The van der Waals surface area contributed by atoms with Crippen LogP contribution < -0.4 is 21.1 Å². The highest BCUT2D eigenvalue weighted by molar-refractivity contribution is 7.99. The number of para-hydroxylation sites is 2. The molecule has 11 heteroatoms. The Balaban J connectivity index is 1.01. The summed E-state index contributed by atoms with van der Waals surface area (Å²) in [6.45, 7) is 0.386. The molecule has 0 saturated carbocycles. The second kappa shape index (κ2) is 19.9. The Morgan fingerprint density at radius 1 is 0.800 bits per heavy atom. The van der Waals surface area contributed by atoms with Crippen LogP contribution in [-0.2, 0) is 32.2 Å². The average molecular weight is 761 g/mol. The fourth-order valence-corrected chi connectivity index (χ4v) is 7.47. The molecule has 0 bridgehead atoms. The summed E-state index contributed by atoms with van der Waals surface area (Å²) in [7, 11) is 0. The van der Waals surface area contributed by atoms with Crippen molar-refractivity contribution in [2.75, 3.05) is 16.8 Å². The zero-order chi connectivity index (χ0) is 38.4. The van der Waals surface area contributed by atoms with Crippen molar-refractivity contribution in [1.29, 1.82) is 0 Å². The van der Waals surface area contributed by atoms with E-state index in [2.05, 4.69) is 16.7 Å². The van der Waals surface area contributed by atoms with Gasteiger partial charge in [0, 0.05) is 49.3 Å². The molecule has 10 nitrogen and oxygen atoms in total. The fraction of sp³-hybridized carbons (Fsp3) is 0.295. The van der Waals surface area contributed by atoms with Crippen LogP contribution in [0, 0.1) is 5.21 Å². The monoisotopic (exact) mass is 760 g/mol. The molecule has 2 amide bonds. The van der Waals surface area contributed by atoms with Crippen molar-refractivity contribution in [3.63, 3.8) is 0 Å². The highest BCUT2D eigenvalue weighted by Crippen LogP contribution is 2.40. The van der Waals surface area contributed by atoms with Gasteiger partial charge in [0.15, 0.2) is 12.5 Å². The van der Waals surface area contributed by atoms with Gasteiger partial charge in [-0.2, -0.15) is 4.73 Å². The van der Waals surface area contributed by atoms with Crippen LogP contribution in [0.1, 0.15) is 79.6 Å². The third-order valence-electron chi connectivity index (χ3n) is 9.60. The number of ether oxygens (including phenoxy) is 2. The molecule has 1 aromatic heterocycles. The number of nitrogen functional groups attached to an aromatic ring is 1. The van der Waals surface area contributed by atoms with E-state index in [1.807, 2.05) is 84.9 Å². The average Bonchev–Trinajstić information content (AvgIpc) is 3.22. The first-order valence-electron chi connectivity index (χ1n) is 18.8. The Bertz CT molecular complexity index is 2010. The third-order valence-corrected chi connectivity index (χ3v) is 10.8. The molecule has 55 heavy (non-hydrogen) atoms. The van der Waals surface area contributed by atoms with Crippen LogP contribution in [0.25, 0.3) is 11.1 Å². The van der Waals surface area contributed by atoms with E-state index < -0.39 is 6.29 Å². The molecule has 1 fully saturated rings. The number of hydrogen-bond acceptors (Lipinski definition) is 8. The van der Waals surface area contributed by atoms with Crippen molar-refractivity contribution >= 4 is 35.0 Å². The maximum absolute atomic E-state index is 12.7. The molecule has 286 valence electrons. The molecule has 1 saturated heterocycles. The number of carbonyl (C=O) groups excluding carboxylic acids is 2. The zero-order valence-electron chi connectivity index (χ0n) is 30.8. The Morgan fingerprint density at radius 3 is 2.24 bits per heavy atom. The lowest BCUT2D eigenvalue weighted by Crippen LogP contribution is -2.32. The molecule has 5 aromatic rings. The first kappa shape index (κ1) is 39.5. The maximum Gasteiger partial charge on any atom is 0.251 e. The van der Waals surface area contributed by atoms with Crippen LogP contribution in [0.3, 0.4) is 0 Å². The Labute approximate surface area is 326 Å². The number of amides is 2. The van der Waals surface area contributed by atoms with E-state index in [0.717, 1.165) is 63.8 Å². The quantitative estimate of drug-likeness (QED) is 0.0245. The Hall–Kier alpha value is -5.20. The van der Waals surface area contributed by atoms with E-state index in [0.29, 0.717) is 48.0 Å². The van der Waals surface area contributed by atoms with Gasteiger partial charge in [0.2, 0.25) is 11.8 Å². The van der Waals surface area contributed by atoms with E-state index in [1.165, 1.54) is 18.0 Å². The van der Waals surface area contributed by atoms with Gasteiger partial charge in [0.1, 0.15) is 0 Å². The molecule has 2 heterocycles. The minimum Gasteiger partial charge on any atom is -0.618 e. The number of nitrogens with zero attached hydrogens (tertiary/aromatic N) is 1. The fourth-order valence-electron chi connectivity index (χ4n) is 6.53. The molecule has 0 unspecified atom stereocenters. The number of hydrogen-bond donors (Lipinski definition) is 4. The van der Waals surface area contributed by atoms with Gasteiger partial charge in [0.25, 0.3) is 5.03 Å². The van der Waals surface area contributed by atoms with Gasteiger partial charge in [-0.15, -0.1) is 0 Å². The van der Waals surface area contributed by atoms with E-state index in [9.17, 15) is 19.9 Å². The molecular formula is C44H48N4O6S. The number of unbranched alkanes of at least 4 members (excludes halogenated alkanes) is 3. The minimum absolute atomic E-state index is 0.000325. The number of aliphatic hydroxyl groups excluding tert-OH is 1. The molecule has 0 aliphatic carbocycles. The number of pyridine rings is 1. The minimum atomic E-state index is -0.619. The maximum atomic E-state index is 12.7. The van der Waals surface area contributed by atoms with Gasteiger partial charge in [-0.1, -0.05) is 110 Å². The van der Waals surface area contributed by atoms with E-state index in [1.54, 1.807) is 24.3 Å². The molecule has 1 aliphatic rings. The lowest BCUT2D eigenvalue weighted by molar-refractivity contribution is -0.645. The molecule has 0 radical (unpaired) electrons. The Morgan fingerprint density at radius 2 is 1.49 bits per heavy atom. The molecule has 3 atom stereocenters. The van der Waals surface area contributed by atoms with Crippen LogP contribution >= 0.6 is 11.8 Å². The van der Waals surface area contributed by atoms with E-state index in [4.69, 9.17) is 15.2 Å². The summed E-state index contributed by atoms with van der Waals surface area (Å²) >= 11 is 1.46. The topological polar surface area (TPSA) is 150 Å². The molecule has 1 aliphatic heterocycles. The van der Waals surface area contributed by atoms with Crippen LogP contribution in [0.15, 0.2) is 126 Å². The summed E-state index contributed by atoms with van der Waals surface area (Å²) < 4.78 is 13.9. The number of thioether (sulfide) groups is 1. The molecule has 4 aromatic carbocycles. The number of aliphatic hydroxyl groups is 1. The number of rotatable bonds is 17. The molecular weight excluding hydrogens is 713 g/mol. The second-order valence-electron chi connectivity index (χ2n) is 13.6. The van der Waals surface area contributed by atoms with Crippen molar-refractivity contribution < 1.29 is 28.9 Å².